The highest BCUT2D eigenvalue weighted by Gasteiger charge is 2.40. The highest BCUT2D eigenvalue weighted by Crippen LogP contribution is 2.21. The van der Waals surface area contributed by atoms with Gasteiger partial charge in [-0.2, -0.15) is 0 Å². The van der Waals surface area contributed by atoms with Crippen molar-refractivity contribution in [3.05, 3.63) is 29.8 Å². The van der Waals surface area contributed by atoms with E-state index in [2.05, 4.69) is 31.9 Å². The molecule has 2 aliphatic heterocycles. The molecule has 0 saturated carbocycles. The number of hydrogen-bond donors (Lipinski definition) is 11. The number of carbonyl (C=O) groups excluding carboxylic acids is 5. The van der Waals surface area contributed by atoms with Crippen LogP contribution in [0.2, 0.25) is 0 Å². The summed E-state index contributed by atoms with van der Waals surface area (Å²) in [4.78, 5) is 81.9. The molecule has 18 heteroatoms. The average molecular weight is 773 g/mol. The maximum atomic E-state index is 14.0. The predicted octanol–water partition coefficient (Wildman–Crippen LogP) is -0.860. The molecule has 1 aromatic rings. The second-order valence-corrected chi connectivity index (χ2v) is 14.7. The van der Waals surface area contributed by atoms with Gasteiger partial charge in [-0.25, -0.2) is 4.79 Å². The Morgan fingerprint density at radius 1 is 0.873 bits per heavy atom. The van der Waals surface area contributed by atoms with Crippen molar-refractivity contribution in [3.8, 4) is 5.75 Å². The number of nitrogens with two attached hydrogens (primary N) is 2. The Hall–Kier alpha value is -4.97. The van der Waals surface area contributed by atoms with E-state index in [9.17, 15) is 39.0 Å². The molecule has 0 unspecified atom stereocenters. The number of carbonyl (C=O) groups is 6. The molecular formula is C37H60N10O8. The molecule has 2 aliphatic rings. The van der Waals surface area contributed by atoms with Gasteiger partial charge in [-0.3, -0.25) is 29.4 Å². The molecule has 5 amide bonds. The second-order valence-electron chi connectivity index (χ2n) is 14.7. The van der Waals surface area contributed by atoms with Crippen molar-refractivity contribution in [1.82, 2.24) is 36.8 Å². The van der Waals surface area contributed by atoms with E-state index in [4.69, 9.17) is 16.9 Å². The Bertz CT molecular complexity index is 1470. The topological polar surface area (TPSA) is 294 Å². The fourth-order valence-corrected chi connectivity index (χ4v) is 6.82. The number of aromatic hydroxyl groups is 1. The summed E-state index contributed by atoms with van der Waals surface area (Å²) in [5.74, 6) is -4.15. The standard InChI is InChI=1S/C37H60N10O8/c1-22(2)20-28(33(51)43-26(8-3-4-16-38)32(50)46-29(36(54)55)21-23-12-14-24(48)15-13-23)45-34(52)30-11-7-19-47(30)35(53)27(10-6-18-42-37(39)40)44-31(49)25-9-5-17-41-25/h12-15,22,25-30,41,48H,3-11,16-21,38H2,1-2H3,(H,43,51)(H,44,49)(H,45,52)(H,46,50)(H,54,55)(H4,39,40,42)/t25-,26-,27-,28-,29-,30-/m0/s1. The van der Waals surface area contributed by atoms with Crippen LogP contribution in [-0.4, -0.2) is 119 Å². The molecular weight excluding hydrogens is 712 g/mol. The lowest BCUT2D eigenvalue weighted by atomic mass is 10.0. The molecule has 18 nitrogen and oxygen atoms in total. The number of aliphatic carboxylic acids is 1. The summed E-state index contributed by atoms with van der Waals surface area (Å²) in [7, 11) is 0. The molecule has 0 bridgehead atoms. The van der Waals surface area contributed by atoms with Crippen molar-refractivity contribution >= 4 is 41.5 Å². The molecule has 2 fully saturated rings. The first-order valence-electron chi connectivity index (χ1n) is 19.2. The summed E-state index contributed by atoms with van der Waals surface area (Å²) in [6.07, 6.45) is 4.33. The lowest BCUT2D eigenvalue weighted by molar-refractivity contribution is -0.143. The number of guanidine groups is 1. The lowest BCUT2D eigenvalue weighted by Gasteiger charge is -2.31. The number of likely N-dealkylation sites (tertiary alicyclic amines) is 1. The molecule has 0 spiro atoms. The maximum absolute atomic E-state index is 14.0. The number of phenolic OH excluding ortho intramolecular Hbond substituents is 1. The van der Waals surface area contributed by atoms with Crippen LogP contribution in [0.25, 0.3) is 0 Å². The van der Waals surface area contributed by atoms with Gasteiger partial charge >= 0.3 is 5.97 Å². The van der Waals surface area contributed by atoms with Gasteiger partial charge in [0.05, 0.1) is 6.04 Å². The zero-order chi connectivity index (χ0) is 40.5. The first-order valence-corrected chi connectivity index (χ1v) is 19.2. The monoisotopic (exact) mass is 772 g/mol. The van der Waals surface area contributed by atoms with E-state index in [0.717, 1.165) is 6.42 Å². The first kappa shape index (κ1) is 44.4. The van der Waals surface area contributed by atoms with Crippen LogP contribution in [0.4, 0.5) is 0 Å². The minimum atomic E-state index is -1.32. The maximum Gasteiger partial charge on any atom is 0.326 e. The fraction of sp³-hybridized carbons (Fsp3) is 0.649. The van der Waals surface area contributed by atoms with Gasteiger partial charge in [0.2, 0.25) is 29.5 Å². The second kappa shape index (κ2) is 22.4. The summed E-state index contributed by atoms with van der Waals surface area (Å²) < 4.78 is 0. The van der Waals surface area contributed by atoms with Crippen molar-refractivity contribution < 1.29 is 39.0 Å². The van der Waals surface area contributed by atoms with E-state index in [-0.39, 0.29) is 55.8 Å². The van der Waals surface area contributed by atoms with E-state index in [1.165, 1.54) is 17.0 Å². The van der Waals surface area contributed by atoms with Crippen molar-refractivity contribution in [3.63, 3.8) is 0 Å². The van der Waals surface area contributed by atoms with Gasteiger partial charge in [-0.15, -0.1) is 0 Å². The highest BCUT2D eigenvalue weighted by atomic mass is 16.4. The number of amides is 5. The van der Waals surface area contributed by atoms with Gasteiger partial charge in [-0.1, -0.05) is 26.0 Å². The summed E-state index contributed by atoms with van der Waals surface area (Å²) in [6, 6.07) is 0.137. The van der Waals surface area contributed by atoms with Crippen LogP contribution >= 0.6 is 0 Å². The van der Waals surface area contributed by atoms with Gasteiger partial charge in [0.25, 0.3) is 0 Å². The van der Waals surface area contributed by atoms with Crippen molar-refractivity contribution in [2.45, 2.75) is 121 Å². The number of carboxylic acids is 1. The molecule has 0 aliphatic carbocycles. The normalized spacial score (nSPS) is 18.8. The minimum absolute atomic E-state index is 0.0119. The number of nitrogens with one attached hydrogen (secondary N) is 7. The molecule has 0 radical (unpaired) electrons. The van der Waals surface area contributed by atoms with E-state index < -0.39 is 65.8 Å². The van der Waals surface area contributed by atoms with Gasteiger partial charge in [0.15, 0.2) is 5.96 Å². The molecule has 0 aromatic heterocycles. The van der Waals surface area contributed by atoms with Crippen molar-refractivity contribution in [1.29, 1.82) is 5.41 Å². The molecule has 306 valence electrons. The smallest absolute Gasteiger partial charge is 0.326 e. The van der Waals surface area contributed by atoms with E-state index in [1.54, 1.807) is 12.1 Å². The summed E-state index contributed by atoms with van der Waals surface area (Å²) >= 11 is 0. The van der Waals surface area contributed by atoms with E-state index in [0.29, 0.717) is 63.7 Å². The van der Waals surface area contributed by atoms with E-state index >= 15 is 0 Å². The largest absolute Gasteiger partial charge is 0.508 e. The van der Waals surface area contributed by atoms with Crippen LogP contribution in [-0.2, 0) is 35.2 Å². The van der Waals surface area contributed by atoms with Gasteiger partial charge < -0.3 is 58.5 Å². The zero-order valence-electron chi connectivity index (χ0n) is 31.9. The Balaban J connectivity index is 1.74. The Kier molecular flexibility index (Phi) is 18.1. The van der Waals surface area contributed by atoms with Crippen LogP contribution in [0.1, 0.15) is 83.6 Å². The SMILES string of the molecule is CC(C)C[C@H](NC(=O)[C@@H]1CCCN1C(=O)[C@H](CCCNC(=N)N)NC(=O)[C@@H]1CCCN1)C(=O)N[C@@H](CCCCN)C(=O)N[C@@H](Cc1ccc(O)cc1)C(=O)O. The number of rotatable bonds is 22. The third-order valence-corrected chi connectivity index (χ3v) is 9.73. The number of unbranched alkanes of at least 4 members (excludes halogenated alkanes) is 1. The van der Waals surface area contributed by atoms with Crippen LogP contribution in [0.15, 0.2) is 24.3 Å². The fourth-order valence-electron chi connectivity index (χ4n) is 6.82. The number of hydrogen-bond acceptors (Lipinski definition) is 10. The number of phenols is 1. The van der Waals surface area contributed by atoms with Crippen molar-refractivity contribution in [2.24, 2.45) is 17.4 Å². The Morgan fingerprint density at radius 3 is 2.15 bits per heavy atom. The van der Waals surface area contributed by atoms with Gasteiger partial charge in [0, 0.05) is 19.5 Å². The predicted molar refractivity (Wildman–Crippen MR) is 204 cm³/mol. The van der Waals surface area contributed by atoms with Crippen LogP contribution in [0.3, 0.4) is 0 Å². The lowest BCUT2D eigenvalue weighted by Crippen LogP contribution is -2.59. The summed E-state index contributed by atoms with van der Waals surface area (Å²) in [6.45, 7) is 5.38. The summed E-state index contributed by atoms with van der Waals surface area (Å²) in [5, 5.41) is 43.6. The van der Waals surface area contributed by atoms with Crippen LogP contribution in [0, 0.1) is 11.3 Å². The molecule has 2 heterocycles. The Morgan fingerprint density at radius 2 is 1.53 bits per heavy atom. The molecule has 13 N–H and O–H groups in total. The number of benzene rings is 1. The van der Waals surface area contributed by atoms with Crippen LogP contribution < -0.4 is 43.4 Å². The number of nitrogens with zero attached hydrogens (tertiary/aromatic N) is 1. The quantitative estimate of drug-likeness (QED) is 0.0390. The average Bonchev–Trinajstić information content (AvgIpc) is 3.86. The third kappa shape index (κ3) is 14.7. The number of carboxylic acid groups (broad SMARTS) is 1. The molecule has 55 heavy (non-hydrogen) atoms. The molecule has 1 aromatic carbocycles. The highest BCUT2D eigenvalue weighted by molar-refractivity contribution is 5.96. The van der Waals surface area contributed by atoms with E-state index in [1.807, 2.05) is 13.8 Å². The molecule has 2 saturated heterocycles. The van der Waals surface area contributed by atoms with Gasteiger partial charge in [-0.05, 0) is 101 Å². The van der Waals surface area contributed by atoms with Crippen molar-refractivity contribution in [2.75, 3.05) is 26.2 Å². The minimum Gasteiger partial charge on any atom is -0.508 e. The Labute approximate surface area is 322 Å². The molecule has 3 rings (SSSR count). The first-order chi connectivity index (χ1) is 26.2. The summed E-state index contributed by atoms with van der Waals surface area (Å²) in [5.41, 5.74) is 11.6. The van der Waals surface area contributed by atoms with Crippen LogP contribution in [0.5, 0.6) is 5.75 Å². The zero-order valence-corrected chi connectivity index (χ0v) is 31.9. The molecule has 6 atom stereocenters. The van der Waals surface area contributed by atoms with Gasteiger partial charge in [0.1, 0.15) is 36.0 Å². The third-order valence-electron chi connectivity index (χ3n) is 9.73.